The van der Waals surface area contributed by atoms with Gasteiger partial charge in [-0.25, -0.2) is 4.99 Å². The molecule has 17 unspecified atom stereocenters. The summed E-state index contributed by atoms with van der Waals surface area (Å²) < 4.78 is 13.0. The van der Waals surface area contributed by atoms with E-state index >= 15 is 0 Å². The average Bonchev–Trinajstić information content (AvgIpc) is 1.53. The summed E-state index contributed by atoms with van der Waals surface area (Å²) in [6.45, 7) is 5.58. The molecule has 2 aliphatic heterocycles. The van der Waals surface area contributed by atoms with Crippen LogP contribution in [-0.2, 0) is 32.3 Å². The van der Waals surface area contributed by atoms with E-state index in [9.17, 15) is 20.4 Å². The number of nitrogens with one attached hydrogen (secondary N) is 3. The first-order valence-electron chi connectivity index (χ1n) is 36.2. The molecule has 12 nitrogen and oxygen atoms in total. The maximum absolute atomic E-state index is 11.9. The molecule has 0 radical (unpaired) electrons. The fourth-order valence-corrected chi connectivity index (χ4v) is 24.8. The lowest BCUT2D eigenvalue weighted by atomic mass is 9.50. The van der Waals surface area contributed by atoms with Crippen molar-refractivity contribution in [2.45, 2.75) is 223 Å². The number of aromatic amines is 1. The summed E-state index contributed by atoms with van der Waals surface area (Å²) in [5.41, 5.74) is 22.0. The minimum absolute atomic E-state index is 0.00437. The molecule has 14 heteroatoms. The first-order chi connectivity index (χ1) is 44.2. The number of nitrogens with zero attached hydrogens (tertiary/aromatic N) is 1. The van der Waals surface area contributed by atoms with Gasteiger partial charge in [0, 0.05) is 78.3 Å². The smallest absolute Gasteiger partial charge is 0.189 e. The molecule has 91 heavy (non-hydrogen) atoms. The van der Waals surface area contributed by atoms with Crippen LogP contribution in [0.4, 0.5) is 0 Å². The molecule has 2 aromatic carbocycles. The molecule has 10 aliphatic carbocycles. The van der Waals surface area contributed by atoms with E-state index in [-0.39, 0.29) is 53.2 Å². The first-order valence-corrected chi connectivity index (χ1v) is 38.7. The number of aromatic hydroxyl groups is 1. The summed E-state index contributed by atoms with van der Waals surface area (Å²) in [6, 6.07) is 21.6. The molecule has 17 atom stereocenters. The highest BCUT2D eigenvalue weighted by molar-refractivity contribution is 8.76. The zero-order valence-corrected chi connectivity index (χ0v) is 56.3. The number of furan rings is 1. The van der Waals surface area contributed by atoms with Gasteiger partial charge in [0.1, 0.15) is 24.2 Å². The highest BCUT2D eigenvalue weighted by atomic mass is 33.1. The molecule has 4 spiro atoms. The van der Waals surface area contributed by atoms with Gasteiger partial charge in [-0.3, -0.25) is 0 Å². The second-order valence-electron chi connectivity index (χ2n) is 31.3. The molecule has 11 N–H and O–H groups in total. The third-order valence-corrected chi connectivity index (χ3v) is 29.0. The number of fused-ring (bicyclic) bond motifs is 5. The van der Waals surface area contributed by atoms with Gasteiger partial charge >= 0.3 is 0 Å². The normalized spacial score (nSPS) is 35.2. The van der Waals surface area contributed by atoms with Gasteiger partial charge < -0.3 is 56.7 Å². The maximum Gasteiger partial charge on any atom is 0.189 e. The topological polar surface area (TPSA) is 208 Å². The number of ether oxygens (including phenoxy) is 1. The Morgan fingerprint density at radius 2 is 1.63 bits per heavy atom. The predicted octanol–water partition coefficient (Wildman–Crippen LogP) is 14.3. The Morgan fingerprint density at radius 3 is 2.45 bits per heavy atom. The number of rotatable bonds is 20. The van der Waals surface area contributed by atoms with Crippen molar-refractivity contribution in [2.75, 3.05) is 31.2 Å². The number of H-pyrrole nitrogens is 1. The molecule has 6 saturated carbocycles. The van der Waals surface area contributed by atoms with Crippen LogP contribution < -0.4 is 26.8 Å². The number of aliphatic imine (C=N–C) groups is 1. The van der Waals surface area contributed by atoms with E-state index in [4.69, 9.17) is 25.6 Å². The van der Waals surface area contributed by atoms with Crippen molar-refractivity contribution in [1.29, 1.82) is 0 Å². The Kier molecular flexibility index (Phi) is 19.2. The van der Waals surface area contributed by atoms with E-state index in [1.54, 1.807) is 6.07 Å². The van der Waals surface area contributed by atoms with Gasteiger partial charge in [0.15, 0.2) is 17.5 Å². The zero-order valence-electron chi connectivity index (χ0n) is 54.7. The zero-order chi connectivity index (χ0) is 62.5. The molecular formula is C77H108N6O6S2. The van der Waals surface area contributed by atoms with Crippen LogP contribution in [0, 0.1) is 69.0 Å². The summed E-state index contributed by atoms with van der Waals surface area (Å²) in [6.07, 6.45) is 38.5. The Balaban J connectivity index is 0.596. The number of phenols is 1. The number of hydrogen-bond donors (Lipinski definition) is 9. The summed E-state index contributed by atoms with van der Waals surface area (Å²) in [5, 5.41) is 51.4. The quantitative estimate of drug-likeness (QED) is 0.0175. The minimum Gasteiger partial charge on any atom is -0.504 e. The molecule has 12 aliphatic rings. The van der Waals surface area contributed by atoms with Crippen LogP contribution in [0.1, 0.15) is 212 Å². The molecule has 4 aromatic rings. The number of nitrogens with two attached hydrogens (primary N) is 2. The first kappa shape index (κ1) is 64.2. The lowest BCUT2D eigenvalue weighted by Gasteiger charge is -2.56. The summed E-state index contributed by atoms with van der Waals surface area (Å²) >= 11 is 0. The van der Waals surface area contributed by atoms with Crippen molar-refractivity contribution in [3.8, 4) is 11.5 Å². The highest BCUT2D eigenvalue weighted by Gasteiger charge is 2.64. The minimum atomic E-state index is -0.919. The van der Waals surface area contributed by atoms with Crippen LogP contribution in [0.15, 0.2) is 94.4 Å². The number of aliphatic hydroxyl groups excluding tert-OH is 3. The van der Waals surface area contributed by atoms with Crippen molar-refractivity contribution in [2.24, 2.45) is 85.5 Å². The number of guanidine groups is 1. The molecule has 2 aromatic heterocycles. The SMILES string of the molecule is CC(O)CNCC1c2cc(C(O)COc3cc(CCc4cc(CO)c(CCC5CCC67C=CC8CC6C(C5)CC(N)C7CSSCC(N=C(N)NC5CCC6(CCCC6)C(CCc6ccccc6)C5)C8C)o4)ccc3O)[nH]c2C2C=CC13CCCC3C21CCCC1. The van der Waals surface area contributed by atoms with Gasteiger partial charge in [-0.15, -0.1) is 0 Å². The van der Waals surface area contributed by atoms with Crippen LogP contribution in [0.3, 0.4) is 0 Å². The molecule has 494 valence electrons. The van der Waals surface area contributed by atoms with Gasteiger partial charge in [0.25, 0.3) is 0 Å². The second kappa shape index (κ2) is 27.2. The number of allylic oxidation sites excluding steroid dienone is 4. The highest BCUT2D eigenvalue weighted by Crippen LogP contribution is 2.73. The second-order valence-corrected chi connectivity index (χ2v) is 33.8. The van der Waals surface area contributed by atoms with E-state index in [0.29, 0.717) is 89.9 Å². The predicted molar refractivity (Wildman–Crippen MR) is 369 cm³/mol. The molecular weight excluding hydrogens is 1170 g/mol. The molecule has 16 rings (SSSR count). The number of aromatic nitrogens is 1. The average molecular weight is 1280 g/mol. The fourth-order valence-electron chi connectivity index (χ4n) is 22.0. The van der Waals surface area contributed by atoms with Gasteiger partial charge in [-0.05, 0) is 232 Å². The van der Waals surface area contributed by atoms with Gasteiger partial charge in [-0.2, -0.15) is 0 Å². The van der Waals surface area contributed by atoms with Crippen LogP contribution in [-0.4, -0.2) is 86.8 Å². The van der Waals surface area contributed by atoms with Crippen molar-refractivity contribution in [3.05, 3.63) is 130 Å². The number of hydrogen-bond acceptors (Lipinski definition) is 11. The third kappa shape index (κ3) is 12.6. The van der Waals surface area contributed by atoms with Crippen LogP contribution in [0.5, 0.6) is 11.5 Å². The van der Waals surface area contributed by atoms with Crippen molar-refractivity contribution in [1.82, 2.24) is 15.6 Å². The Bertz CT molecular complexity index is 3220. The summed E-state index contributed by atoms with van der Waals surface area (Å²) in [5.74, 6) is 9.74. The molecule has 4 heterocycles. The van der Waals surface area contributed by atoms with E-state index in [1.165, 1.54) is 139 Å². The van der Waals surface area contributed by atoms with Crippen LogP contribution >= 0.6 is 21.6 Å². The Morgan fingerprint density at radius 1 is 0.813 bits per heavy atom. The number of aryl methyl sites for hydroxylation is 4. The largest absolute Gasteiger partial charge is 0.504 e. The standard InChI is InChI=1S/C77H108N6O6S2/c1-48(85)42-80-43-62-59-41-65(82-72(59)60-25-34-77(62)30-10-13-71(77)76(60)28-8-9-29-76)68(87)45-88-70-36-51(16-20-67(70)86)15-19-58-37-55(44-84)69(89-58)21-17-52-22-32-75-33-23-53-38-61(75)54(35-52)39-64(78)63(75)46-90-91-47-66(49(53)2)83-73(79)81-57-24-31-74(26-6-7-27-74)56(40-57)18-14-50-11-4-3-5-12-50/h3-5,11-12,16,20,23,25,33-34,36-37,41,48-49,52-54,56-57,60-64,66,68,71,80,82,84-87H,6-10,13-15,17-19,21-22,24,26-32,35,38-40,42-47,78H2,1-2H3,(H3,79,81,83). The maximum atomic E-state index is 11.9. The number of phenolic OH excluding ortho intramolecular Hbond substituents is 1. The van der Waals surface area contributed by atoms with E-state index in [2.05, 4.69) is 83.2 Å². The fraction of sp³-hybridized carbons (Fsp3) is 0.675. The van der Waals surface area contributed by atoms with E-state index < -0.39 is 12.2 Å². The lowest BCUT2D eigenvalue weighted by Crippen LogP contribution is -2.55. The summed E-state index contributed by atoms with van der Waals surface area (Å²) in [7, 11) is 4.03. The monoisotopic (exact) mass is 1280 g/mol. The van der Waals surface area contributed by atoms with Crippen molar-refractivity contribution in [3.63, 3.8) is 0 Å². The van der Waals surface area contributed by atoms with Crippen molar-refractivity contribution >= 4 is 27.5 Å². The van der Waals surface area contributed by atoms with E-state index in [1.807, 2.05) is 46.7 Å². The Labute approximate surface area is 551 Å². The van der Waals surface area contributed by atoms with Crippen LogP contribution in [0.2, 0.25) is 0 Å². The van der Waals surface area contributed by atoms with Crippen molar-refractivity contribution < 1.29 is 29.6 Å². The summed E-state index contributed by atoms with van der Waals surface area (Å²) in [4.78, 5) is 9.24. The van der Waals surface area contributed by atoms with Gasteiger partial charge in [-0.1, -0.05) is 121 Å². The third-order valence-electron chi connectivity index (χ3n) is 26.6. The van der Waals surface area contributed by atoms with Gasteiger partial charge in [0.2, 0.25) is 0 Å². The molecule has 7 fully saturated rings. The van der Waals surface area contributed by atoms with Crippen LogP contribution in [0.25, 0.3) is 0 Å². The van der Waals surface area contributed by atoms with Gasteiger partial charge in [0.05, 0.1) is 18.8 Å². The number of benzene rings is 2. The molecule has 7 bridgehead atoms. The molecule has 0 amide bonds. The number of aliphatic hydroxyl groups is 3. The molecule has 1 saturated heterocycles. The van der Waals surface area contributed by atoms with E-state index in [0.717, 1.165) is 78.0 Å². The lowest BCUT2D eigenvalue weighted by molar-refractivity contribution is -0.00497. The Hall–Kier alpha value is -4.15.